The van der Waals surface area contributed by atoms with Crippen LogP contribution in [-0.4, -0.2) is 28.9 Å². The van der Waals surface area contributed by atoms with Crippen molar-refractivity contribution < 1.29 is 24.0 Å². The summed E-state index contributed by atoms with van der Waals surface area (Å²) in [5, 5.41) is 0. The Labute approximate surface area is 85.8 Å². The van der Waals surface area contributed by atoms with Crippen molar-refractivity contribution in [1.29, 1.82) is 0 Å². The molecule has 0 aromatic heterocycles. The first-order valence-corrected chi connectivity index (χ1v) is 4.43. The van der Waals surface area contributed by atoms with Crippen LogP contribution >= 0.6 is 0 Å². The zero-order valence-corrected chi connectivity index (χ0v) is 8.46. The van der Waals surface area contributed by atoms with Gasteiger partial charge in [0.1, 0.15) is 5.78 Å². The minimum absolute atomic E-state index is 0.509. The first-order valence-electron chi connectivity index (χ1n) is 4.43. The maximum Gasteiger partial charge on any atom is 0.203 e. The number of ketones is 5. The van der Waals surface area contributed by atoms with Crippen LogP contribution in [0.2, 0.25) is 0 Å². The predicted octanol–water partition coefficient (Wildman–Crippen LogP) is -0.348. The first-order chi connectivity index (χ1) is 6.83. The van der Waals surface area contributed by atoms with Gasteiger partial charge in [-0.25, -0.2) is 0 Å². The number of hydrogen-bond donors (Lipinski definition) is 0. The summed E-state index contributed by atoms with van der Waals surface area (Å²) in [6, 6.07) is 0. The van der Waals surface area contributed by atoms with E-state index in [9.17, 15) is 24.0 Å². The van der Waals surface area contributed by atoms with Crippen molar-refractivity contribution in [1.82, 2.24) is 0 Å². The molecular weight excluding hydrogens is 200 g/mol. The van der Waals surface area contributed by atoms with Crippen LogP contribution in [0.4, 0.5) is 0 Å². The van der Waals surface area contributed by atoms with E-state index in [0.29, 0.717) is 0 Å². The maximum absolute atomic E-state index is 11.5. The molecule has 0 heterocycles. The van der Waals surface area contributed by atoms with Crippen LogP contribution in [-0.2, 0) is 24.0 Å². The third-order valence-electron chi connectivity index (χ3n) is 2.61. The predicted molar refractivity (Wildman–Crippen MR) is 48.1 cm³/mol. The summed E-state index contributed by atoms with van der Waals surface area (Å²) in [4.78, 5) is 56.7. The Morgan fingerprint density at radius 2 is 1.27 bits per heavy atom. The quantitative estimate of drug-likeness (QED) is 0.581. The van der Waals surface area contributed by atoms with E-state index >= 15 is 0 Å². The molecule has 0 radical (unpaired) electrons. The van der Waals surface area contributed by atoms with Gasteiger partial charge in [-0.1, -0.05) is 0 Å². The van der Waals surface area contributed by atoms with Crippen LogP contribution in [0.15, 0.2) is 0 Å². The Hall–Kier alpha value is -1.65. The average Bonchev–Trinajstić information content (AvgIpc) is 2.00. The Morgan fingerprint density at radius 1 is 0.933 bits per heavy atom. The van der Waals surface area contributed by atoms with Gasteiger partial charge in [0, 0.05) is 0 Å². The van der Waals surface area contributed by atoms with Gasteiger partial charge in [-0.15, -0.1) is 0 Å². The van der Waals surface area contributed by atoms with E-state index in [4.69, 9.17) is 0 Å². The van der Waals surface area contributed by atoms with Crippen molar-refractivity contribution in [3.63, 3.8) is 0 Å². The highest BCUT2D eigenvalue weighted by molar-refractivity contribution is 6.43. The van der Waals surface area contributed by atoms with Gasteiger partial charge in [0.05, 0.1) is 12.8 Å². The fourth-order valence-corrected chi connectivity index (χ4v) is 1.87. The highest BCUT2D eigenvalue weighted by Crippen LogP contribution is 2.30. The topological polar surface area (TPSA) is 85.3 Å². The van der Waals surface area contributed by atoms with E-state index in [1.54, 1.807) is 0 Å². The van der Waals surface area contributed by atoms with Crippen molar-refractivity contribution in [3.05, 3.63) is 0 Å². The lowest BCUT2D eigenvalue weighted by Gasteiger charge is -2.28. The van der Waals surface area contributed by atoms with Gasteiger partial charge in [-0.3, -0.25) is 24.0 Å². The van der Waals surface area contributed by atoms with E-state index in [1.807, 2.05) is 0 Å². The maximum atomic E-state index is 11.5. The Kier molecular flexibility index (Phi) is 2.66. The first kappa shape index (κ1) is 11.4. The van der Waals surface area contributed by atoms with Crippen molar-refractivity contribution in [2.45, 2.75) is 26.7 Å². The molecule has 0 unspecified atom stereocenters. The van der Waals surface area contributed by atoms with E-state index < -0.39 is 47.2 Å². The molecular formula is C10H10O5. The lowest BCUT2D eigenvalue weighted by Crippen LogP contribution is -2.54. The lowest BCUT2D eigenvalue weighted by molar-refractivity contribution is -0.156. The number of carbonyl (C=O) groups is 5. The van der Waals surface area contributed by atoms with Gasteiger partial charge in [-0.2, -0.15) is 0 Å². The van der Waals surface area contributed by atoms with Crippen LogP contribution in [0.5, 0.6) is 0 Å². The zero-order valence-electron chi connectivity index (χ0n) is 8.46. The minimum atomic E-state index is -2.20. The molecule has 80 valence electrons. The van der Waals surface area contributed by atoms with Crippen molar-refractivity contribution in [2.24, 2.45) is 5.41 Å². The Morgan fingerprint density at radius 3 is 1.53 bits per heavy atom. The van der Waals surface area contributed by atoms with Crippen LogP contribution in [0, 0.1) is 5.41 Å². The van der Waals surface area contributed by atoms with Gasteiger partial charge in [-0.05, 0) is 13.8 Å². The zero-order chi connectivity index (χ0) is 11.8. The fraction of sp³-hybridized carbons (Fsp3) is 0.500. The molecule has 1 fully saturated rings. The van der Waals surface area contributed by atoms with E-state index in [2.05, 4.69) is 0 Å². The minimum Gasteiger partial charge on any atom is -0.299 e. The largest absolute Gasteiger partial charge is 0.299 e. The van der Waals surface area contributed by atoms with Gasteiger partial charge in [0.15, 0.2) is 23.1 Å². The van der Waals surface area contributed by atoms with Crippen molar-refractivity contribution in [3.8, 4) is 0 Å². The standard InChI is InChI=1S/C10H10O5/c1-5(11)10(6(2)12)8(14)3-7(13)4-9(10)15/h3-4H2,1-2H3. The third kappa shape index (κ3) is 1.44. The normalized spacial score (nSPS) is 20.3. The summed E-state index contributed by atoms with van der Waals surface area (Å²) in [5.41, 5.74) is -2.20. The lowest BCUT2D eigenvalue weighted by atomic mass is 9.67. The molecule has 1 aliphatic rings. The third-order valence-corrected chi connectivity index (χ3v) is 2.61. The summed E-state index contributed by atoms with van der Waals surface area (Å²) < 4.78 is 0. The Balaban J connectivity index is 3.34. The van der Waals surface area contributed by atoms with E-state index in [0.717, 1.165) is 13.8 Å². The van der Waals surface area contributed by atoms with E-state index in [-0.39, 0.29) is 0 Å². The molecule has 0 aromatic rings. The highest BCUT2D eigenvalue weighted by Gasteiger charge is 2.56. The molecule has 0 amide bonds. The fourth-order valence-electron chi connectivity index (χ4n) is 1.87. The van der Waals surface area contributed by atoms with Crippen molar-refractivity contribution >= 4 is 28.9 Å². The van der Waals surface area contributed by atoms with Gasteiger partial charge in [0.2, 0.25) is 5.41 Å². The molecule has 5 nitrogen and oxygen atoms in total. The molecule has 0 atom stereocenters. The second-order valence-electron chi connectivity index (χ2n) is 3.60. The number of carbonyl (C=O) groups excluding carboxylic acids is 5. The number of hydrogen-bond acceptors (Lipinski definition) is 5. The average molecular weight is 210 g/mol. The highest BCUT2D eigenvalue weighted by atomic mass is 16.2. The summed E-state index contributed by atoms with van der Waals surface area (Å²) in [5.74, 6) is -3.90. The molecule has 5 heteroatoms. The summed E-state index contributed by atoms with van der Waals surface area (Å²) in [6.07, 6.45) is -1.02. The molecule has 15 heavy (non-hydrogen) atoms. The van der Waals surface area contributed by atoms with Gasteiger partial charge in [0.25, 0.3) is 0 Å². The SMILES string of the molecule is CC(=O)C1(C(C)=O)C(=O)CC(=O)CC1=O. The van der Waals surface area contributed by atoms with Crippen LogP contribution in [0.25, 0.3) is 0 Å². The molecule has 0 bridgehead atoms. The molecule has 1 rings (SSSR count). The molecule has 1 aliphatic carbocycles. The molecule has 1 saturated carbocycles. The Bertz CT molecular complexity index is 355. The summed E-state index contributed by atoms with van der Waals surface area (Å²) in [7, 11) is 0. The van der Waals surface area contributed by atoms with Crippen molar-refractivity contribution in [2.75, 3.05) is 0 Å². The number of Topliss-reactive ketones (excluding diaryl/α,β-unsaturated/α-hetero) is 5. The molecule has 0 N–H and O–H groups in total. The van der Waals surface area contributed by atoms with E-state index in [1.165, 1.54) is 0 Å². The van der Waals surface area contributed by atoms with Gasteiger partial charge < -0.3 is 0 Å². The summed E-state index contributed by atoms with van der Waals surface area (Å²) >= 11 is 0. The van der Waals surface area contributed by atoms with Crippen LogP contribution in [0.3, 0.4) is 0 Å². The second-order valence-corrected chi connectivity index (χ2v) is 3.60. The molecule has 0 spiro atoms. The summed E-state index contributed by atoms with van der Waals surface area (Å²) in [6.45, 7) is 2.04. The van der Waals surface area contributed by atoms with Crippen LogP contribution < -0.4 is 0 Å². The monoisotopic (exact) mass is 210 g/mol. The molecule has 0 aliphatic heterocycles. The second kappa shape index (κ2) is 3.49. The molecule has 0 saturated heterocycles. The smallest absolute Gasteiger partial charge is 0.203 e. The number of rotatable bonds is 2. The van der Waals surface area contributed by atoms with Gasteiger partial charge >= 0.3 is 0 Å². The van der Waals surface area contributed by atoms with Crippen LogP contribution in [0.1, 0.15) is 26.7 Å². The molecule has 0 aromatic carbocycles.